The molecule has 20 heavy (non-hydrogen) atoms. The van der Waals surface area contributed by atoms with Crippen molar-refractivity contribution in [1.29, 1.82) is 0 Å². The second-order valence-corrected chi connectivity index (χ2v) is 7.39. The van der Waals surface area contributed by atoms with Crippen molar-refractivity contribution >= 4 is 38.7 Å². The Hall–Kier alpha value is -0.610. The third kappa shape index (κ3) is 2.08. The lowest BCUT2D eigenvalue weighted by Crippen LogP contribution is -2.18. The quantitative estimate of drug-likeness (QED) is 0.766. The van der Waals surface area contributed by atoms with E-state index in [0.717, 1.165) is 45.8 Å². The van der Waals surface area contributed by atoms with Crippen LogP contribution in [0.2, 0.25) is 0 Å². The zero-order chi connectivity index (χ0) is 13.7. The summed E-state index contributed by atoms with van der Waals surface area (Å²) in [6.07, 6.45) is 7.52. The van der Waals surface area contributed by atoms with E-state index in [1.165, 1.54) is 25.7 Å². The number of halogens is 2. The predicted molar refractivity (Wildman–Crippen MR) is 83.7 cm³/mol. The molecule has 2 fully saturated rings. The van der Waals surface area contributed by atoms with E-state index in [1.54, 1.807) is 0 Å². The largest absolute Gasteiger partial charge is 0.311 e. The molecule has 2 aromatic rings. The van der Waals surface area contributed by atoms with E-state index >= 15 is 0 Å². The summed E-state index contributed by atoms with van der Waals surface area (Å²) < 4.78 is 3.22. The van der Waals surface area contributed by atoms with E-state index in [-0.39, 0.29) is 0 Å². The van der Waals surface area contributed by atoms with Gasteiger partial charge in [0.2, 0.25) is 0 Å². The molecule has 0 N–H and O–H groups in total. The molecule has 2 saturated carbocycles. The fourth-order valence-electron chi connectivity index (χ4n) is 4.16. The van der Waals surface area contributed by atoms with Gasteiger partial charge in [-0.1, -0.05) is 6.42 Å². The fraction of sp³-hybridized carbons (Fsp3) is 0.600. The molecule has 2 heterocycles. The van der Waals surface area contributed by atoms with E-state index in [2.05, 4.69) is 30.5 Å². The molecular formula is C15H17BrClN3. The van der Waals surface area contributed by atoms with E-state index in [9.17, 15) is 0 Å². The Morgan fingerprint density at radius 2 is 2.25 bits per heavy atom. The summed E-state index contributed by atoms with van der Waals surface area (Å²) in [5.41, 5.74) is 1.92. The maximum atomic E-state index is 6.09. The minimum atomic E-state index is 0.453. The Kier molecular flexibility index (Phi) is 3.26. The SMILES string of the molecule is ClCc1nc2cc(Br)cnc2n1CC1CC2CCC1C2. The first-order valence-electron chi connectivity index (χ1n) is 7.31. The maximum absolute atomic E-state index is 6.09. The second-order valence-electron chi connectivity index (χ2n) is 6.20. The van der Waals surface area contributed by atoms with Crippen LogP contribution < -0.4 is 0 Å². The van der Waals surface area contributed by atoms with Gasteiger partial charge in [-0.15, -0.1) is 11.6 Å². The molecule has 0 aromatic carbocycles. The van der Waals surface area contributed by atoms with Crippen molar-refractivity contribution in [3.05, 3.63) is 22.6 Å². The molecular weight excluding hydrogens is 338 g/mol. The van der Waals surface area contributed by atoms with Crippen molar-refractivity contribution < 1.29 is 0 Å². The monoisotopic (exact) mass is 353 g/mol. The number of aromatic nitrogens is 3. The van der Waals surface area contributed by atoms with Crippen LogP contribution in [-0.2, 0) is 12.4 Å². The number of rotatable bonds is 3. The molecule has 2 bridgehead atoms. The zero-order valence-corrected chi connectivity index (χ0v) is 13.6. The lowest BCUT2D eigenvalue weighted by molar-refractivity contribution is 0.296. The van der Waals surface area contributed by atoms with Crippen LogP contribution in [0.1, 0.15) is 31.5 Å². The molecule has 0 amide bonds. The van der Waals surface area contributed by atoms with Gasteiger partial charge in [0.25, 0.3) is 0 Å². The van der Waals surface area contributed by atoms with Crippen molar-refractivity contribution in [2.45, 2.75) is 38.1 Å². The van der Waals surface area contributed by atoms with Crippen molar-refractivity contribution in [3.63, 3.8) is 0 Å². The van der Waals surface area contributed by atoms with Crippen LogP contribution >= 0.6 is 27.5 Å². The van der Waals surface area contributed by atoms with Gasteiger partial charge in [-0.2, -0.15) is 0 Å². The topological polar surface area (TPSA) is 30.7 Å². The van der Waals surface area contributed by atoms with Crippen LogP contribution in [0.15, 0.2) is 16.7 Å². The molecule has 0 spiro atoms. The second kappa shape index (κ2) is 4.99. The highest BCUT2D eigenvalue weighted by Crippen LogP contribution is 2.49. The van der Waals surface area contributed by atoms with E-state index in [1.807, 2.05) is 12.3 Å². The highest BCUT2D eigenvalue weighted by atomic mass is 79.9. The Labute approximate surface area is 131 Å². The first-order chi connectivity index (χ1) is 9.74. The van der Waals surface area contributed by atoms with E-state index in [4.69, 9.17) is 11.6 Å². The zero-order valence-electron chi connectivity index (χ0n) is 11.2. The van der Waals surface area contributed by atoms with Gasteiger partial charge < -0.3 is 4.57 Å². The van der Waals surface area contributed by atoms with Crippen molar-refractivity contribution in [1.82, 2.24) is 14.5 Å². The average molecular weight is 355 g/mol. The summed E-state index contributed by atoms with van der Waals surface area (Å²) in [6, 6.07) is 2.02. The minimum Gasteiger partial charge on any atom is -0.311 e. The molecule has 3 atom stereocenters. The molecule has 2 aliphatic rings. The van der Waals surface area contributed by atoms with Gasteiger partial charge in [0, 0.05) is 17.2 Å². The smallest absolute Gasteiger partial charge is 0.160 e. The summed E-state index contributed by atoms with van der Waals surface area (Å²) in [4.78, 5) is 9.18. The van der Waals surface area contributed by atoms with Crippen LogP contribution in [0.25, 0.3) is 11.2 Å². The highest BCUT2D eigenvalue weighted by molar-refractivity contribution is 9.10. The summed E-state index contributed by atoms with van der Waals surface area (Å²) >= 11 is 9.54. The fourth-order valence-corrected chi connectivity index (χ4v) is 4.68. The summed E-state index contributed by atoms with van der Waals surface area (Å²) in [7, 11) is 0. The molecule has 3 unspecified atom stereocenters. The Balaban J connectivity index is 1.71. The number of pyridine rings is 1. The van der Waals surface area contributed by atoms with Gasteiger partial charge >= 0.3 is 0 Å². The van der Waals surface area contributed by atoms with Crippen LogP contribution in [0.4, 0.5) is 0 Å². The lowest BCUT2D eigenvalue weighted by atomic mass is 9.89. The maximum Gasteiger partial charge on any atom is 0.160 e. The molecule has 0 saturated heterocycles. The number of imidazole rings is 1. The predicted octanol–water partition coefficient (Wildman–Crippen LogP) is 4.37. The van der Waals surface area contributed by atoms with Crippen molar-refractivity contribution in [2.75, 3.05) is 0 Å². The number of nitrogens with zero attached hydrogens (tertiary/aromatic N) is 3. The Bertz CT molecular complexity index is 654. The van der Waals surface area contributed by atoms with Gasteiger partial charge in [-0.25, -0.2) is 9.97 Å². The summed E-state index contributed by atoms with van der Waals surface area (Å²) in [6.45, 7) is 1.04. The first-order valence-corrected chi connectivity index (χ1v) is 8.64. The third-order valence-corrected chi connectivity index (χ3v) is 5.72. The van der Waals surface area contributed by atoms with Crippen LogP contribution in [0, 0.1) is 17.8 Å². The Morgan fingerprint density at radius 3 is 2.95 bits per heavy atom. The molecule has 5 heteroatoms. The molecule has 4 rings (SSSR count). The van der Waals surface area contributed by atoms with Crippen molar-refractivity contribution in [3.8, 4) is 0 Å². The summed E-state index contributed by atoms with van der Waals surface area (Å²) in [5.74, 6) is 4.08. The van der Waals surface area contributed by atoms with E-state index < -0.39 is 0 Å². The van der Waals surface area contributed by atoms with E-state index in [0.29, 0.717) is 5.88 Å². The molecule has 2 aliphatic carbocycles. The molecule has 0 aliphatic heterocycles. The lowest BCUT2D eigenvalue weighted by Gasteiger charge is -2.22. The molecule has 0 radical (unpaired) electrons. The van der Waals surface area contributed by atoms with Gasteiger partial charge in [0.05, 0.1) is 5.88 Å². The van der Waals surface area contributed by atoms with Gasteiger partial charge in [-0.3, -0.25) is 0 Å². The first kappa shape index (κ1) is 13.1. The van der Waals surface area contributed by atoms with Crippen LogP contribution in [-0.4, -0.2) is 14.5 Å². The van der Waals surface area contributed by atoms with Gasteiger partial charge in [0.1, 0.15) is 11.3 Å². The van der Waals surface area contributed by atoms with Gasteiger partial charge in [-0.05, 0) is 59.0 Å². The molecule has 2 aromatic heterocycles. The number of alkyl halides is 1. The normalized spacial score (nSPS) is 28.6. The number of hydrogen-bond donors (Lipinski definition) is 0. The number of fused-ring (bicyclic) bond motifs is 3. The Morgan fingerprint density at radius 1 is 1.35 bits per heavy atom. The van der Waals surface area contributed by atoms with Crippen molar-refractivity contribution in [2.24, 2.45) is 17.8 Å². The number of hydrogen-bond acceptors (Lipinski definition) is 2. The highest BCUT2D eigenvalue weighted by Gasteiger charge is 2.39. The standard InChI is InChI=1S/C15H17BrClN3/c16-12-5-13-15(18-7-12)20(14(6-17)19-13)8-11-4-9-1-2-10(11)3-9/h5,7,9-11H,1-4,6,8H2. The van der Waals surface area contributed by atoms with Gasteiger partial charge in [0.15, 0.2) is 5.65 Å². The van der Waals surface area contributed by atoms with Crippen LogP contribution in [0.5, 0.6) is 0 Å². The summed E-state index contributed by atoms with van der Waals surface area (Å²) in [5, 5.41) is 0. The molecule has 3 nitrogen and oxygen atoms in total. The average Bonchev–Trinajstić information content (AvgIpc) is 3.12. The van der Waals surface area contributed by atoms with Crippen LogP contribution in [0.3, 0.4) is 0 Å². The minimum absolute atomic E-state index is 0.453. The molecule has 106 valence electrons. The third-order valence-electron chi connectivity index (χ3n) is 5.05.